The van der Waals surface area contributed by atoms with Crippen molar-refractivity contribution in [1.82, 2.24) is 14.9 Å². The highest BCUT2D eigenvalue weighted by atomic mass is 32.1. The Morgan fingerprint density at radius 2 is 2.22 bits per heavy atom. The summed E-state index contributed by atoms with van der Waals surface area (Å²) in [5, 5.41) is 3.43. The maximum absolute atomic E-state index is 12.4. The first-order valence-corrected chi connectivity index (χ1v) is 8.65. The minimum absolute atomic E-state index is 0.0874. The van der Waals surface area contributed by atoms with E-state index in [1.165, 1.54) is 17.7 Å². The van der Waals surface area contributed by atoms with Gasteiger partial charge in [0, 0.05) is 19.7 Å². The Balaban J connectivity index is 2.11. The number of hydrogen-bond donors (Lipinski definition) is 1. The fourth-order valence-corrected chi connectivity index (χ4v) is 3.33. The van der Waals surface area contributed by atoms with Gasteiger partial charge in [0.05, 0.1) is 22.7 Å². The van der Waals surface area contributed by atoms with Crippen LogP contribution in [0.25, 0.3) is 10.2 Å². The second kappa shape index (κ2) is 7.70. The molecule has 0 saturated carbocycles. The second-order valence-corrected chi connectivity index (χ2v) is 6.60. The maximum atomic E-state index is 12.4. The van der Waals surface area contributed by atoms with E-state index in [1.54, 1.807) is 11.5 Å². The Morgan fingerprint density at radius 3 is 2.87 bits per heavy atom. The lowest BCUT2D eigenvalue weighted by atomic mass is 10.2. The molecule has 0 bridgehead atoms. The van der Waals surface area contributed by atoms with Gasteiger partial charge < -0.3 is 10.1 Å². The summed E-state index contributed by atoms with van der Waals surface area (Å²) in [6.07, 6.45) is 2.49. The van der Waals surface area contributed by atoms with Gasteiger partial charge in [-0.2, -0.15) is 0 Å². The monoisotopic (exact) mass is 337 g/mol. The van der Waals surface area contributed by atoms with Crippen molar-refractivity contribution < 1.29 is 9.53 Å². The van der Waals surface area contributed by atoms with Gasteiger partial charge in [0.2, 0.25) is 0 Å². The van der Waals surface area contributed by atoms with E-state index >= 15 is 0 Å². The topological polar surface area (TPSA) is 73.2 Å². The van der Waals surface area contributed by atoms with Gasteiger partial charge >= 0.3 is 0 Å². The number of ether oxygens (including phenoxy) is 1. The quantitative estimate of drug-likeness (QED) is 0.787. The van der Waals surface area contributed by atoms with E-state index in [9.17, 15) is 9.59 Å². The molecule has 0 unspecified atom stereocenters. The number of rotatable bonds is 7. The summed E-state index contributed by atoms with van der Waals surface area (Å²) in [4.78, 5) is 30.1. The van der Waals surface area contributed by atoms with Crippen LogP contribution in [0.2, 0.25) is 0 Å². The maximum Gasteiger partial charge on any atom is 0.262 e. The minimum Gasteiger partial charge on any atom is -0.379 e. The lowest BCUT2D eigenvalue weighted by Gasteiger charge is -2.08. The number of nitrogens with one attached hydrogen (secondary N) is 1. The number of carbonyl (C=O) groups is 1. The largest absolute Gasteiger partial charge is 0.379 e. The molecule has 23 heavy (non-hydrogen) atoms. The first-order valence-electron chi connectivity index (χ1n) is 7.84. The molecule has 0 aliphatic carbocycles. The molecule has 0 fully saturated rings. The van der Waals surface area contributed by atoms with Crippen LogP contribution in [0.3, 0.4) is 0 Å². The van der Waals surface area contributed by atoms with E-state index in [4.69, 9.17) is 4.74 Å². The minimum atomic E-state index is -0.155. The van der Waals surface area contributed by atoms with Crippen LogP contribution in [-0.2, 0) is 11.3 Å². The molecule has 126 valence electrons. The van der Waals surface area contributed by atoms with E-state index in [0.29, 0.717) is 40.4 Å². The first kappa shape index (κ1) is 17.6. The standard InChI is InChI=1S/C16H23N3O3S/c1-5-19-9-18-15-12(16(19)21)11(4)13(23-15)14(20)17-7-6-8-22-10(2)3/h9-10H,5-8H2,1-4H3,(H,17,20). The molecule has 7 heteroatoms. The molecule has 0 saturated heterocycles. The van der Waals surface area contributed by atoms with Crippen molar-refractivity contribution in [3.8, 4) is 0 Å². The van der Waals surface area contributed by atoms with Crippen LogP contribution >= 0.6 is 11.3 Å². The molecule has 2 rings (SSSR count). The Bertz CT molecular complexity index is 749. The molecule has 1 amide bonds. The van der Waals surface area contributed by atoms with Crippen molar-refractivity contribution in [2.45, 2.75) is 46.8 Å². The summed E-state index contributed by atoms with van der Waals surface area (Å²) in [6.45, 7) is 9.39. The average Bonchev–Trinajstić information content (AvgIpc) is 2.84. The normalized spacial score (nSPS) is 11.3. The molecule has 1 N–H and O–H groups in total. The molecule has 0 spiro atoms. The van der Waals surface area contributed by atoms with Crippen molar-refractivity contribution in [2.24, 2.45) is 0 Å². The molecule has 0 aromatic carbocycles. The Labute approximate surface area is 139 Å². The van der Waals surface area contributed by atoms with Crippen LogP contribution in [0.1, 0.15) is 42.4 Å². The molecular weight excluding hydrogens is 314 g/mol. The second-order valence-electron chi connectivity index (χ2n) is 5.60. The van der Waals surface area contributed by atoms with Gasteiger partial charge in [0.25, 0.3) is 11.5 Å². The number of aromatic nitrogens is 2. The van der Waals surface area contributed by atoms with E-state index in [2.05, 4.69) is 10.3 Å². The molecule has 6 nitrogen and oxygen atoms in total. The number of nitrogens with zero attached hydrogens (tertiary/aromatic N) is 2. The molecular formula is C16H23N3O3S. The molecule has 0 radical (unpaired) electrons. The van der Waals surface area contributed by atoms with Crippen LogP contribution in [0.5, 0.6) is 0 Å². The highest BCUT2D eigenvalue weighted by molar-refractivity contribution is 7.20. The Kier molecular flexibility index (Phi) is 5.90. The number of aryl methyl sites for hydroxylation is 2. The molecule has 0 atom stereocenters. The van der Waals surface area contributed by atoms with Crippen LogP contribution in [0, 0.1) is 6.92 Å². The molecule has 2 heterocycles. The highest BCUT2D eigenvalue weighted by Crippen LogP contribution is 2.26. The van der Waals surface area contributed by atoms with E-state index in [-0.39, 0.29) is 17.6 Å². The fraction of sp³-hybridized carbons (Fsp3) is 0.562. The van der Waals surface area contributed by atoms with Crippen molar-refractivity contribution >= 4 is 27.5 Å². The Morgan fingerprint density at radius 1 is 1.48 bits per heavy atom. The van der Waals surface area contributed by atoms with Crippen LogP contribution in [0.4, 0.5) is 0 Å². The summed E-state index contributed by atoms with van der Waals surface area (Å²) in [7, 11) is 0. The van der Waals surface area contributed by atoms with Gasteiger partial charge in [-0.25, -0.2) is 4.98 Å². The number of carbonyl (C=O) groups excluding carboxylic acids is 1. The van der Waals surface area contributed by atoms with E-state index in [1.807, 2.05) is 20.8 Å². The molecule has 2 aromatic heterocycles. The van der Waals surface area contributed by atoms with Gasteiger partial charge in [-0.1, -0.05) is 0 Å². The van der Waals surface area contributed by atoms with Gasteiger partial charge in [-0.3, -0.25) is 14.2 Å². The average molecular weight is 337 g/mol. The van der Waals surface area contributed by atoms with Crippen molar-refractivity contribution in [2.75, 3.05) is 13.2 Å². The predicted octanol–water partition coefficient (Wildman–Crippen LogP) is 2.33. The van der Waals surface area contributed by atoms with Gasteiger partial charge in [0.1, 0.15) is 4.83 Å². The molecule has 2 aromatic rings. The molecule has 0 aliphatic heterocycles. The lowest BCUT2D eigenvalue weighted by Crippen LogP contribution is -2.25. The third-order valence-corrected chi connectivity index (χ3v) is 4.72. The summed E-state index contributed by atoms with van der Waals surface area (Å²) in [5.41, 5.74) is 0.622. The SMILES string of the molecule is CCn1cnc2sc(C(=O)NCCCOC(C)C)c(C)c2c1=O. The first-order chi connectivity index (χ1) is 11.0. The summed E-state index contributed by atoms with van der Waals surface area (Å²) >= 11 is 1.27. The summed E-state index contributed by atoms with van der Waals surface area (Å²) < 4.78 is 6.99. The van der Waals surface area contributed by atoms with Crippen LogP contribution in [0.15, 0.2) is 11.1 Å². The smallest absolute Gasteiger partial charge is 0.262 e. The number of thiophene rings is 1. The van der Waals surface area contributed by atoms with Crippen LogP contribution in [-0.4, -0.2) is 34.7 Å². The third kappa shape index (κ3) is 3.97. The number of hydrogen-bond acceptors (Lipinski definition) is 5. The highest BCUT2D eigenvalue weighted by Gasteiger charge is 2.18. The van der Waals surface area contributed by atoms with Gasteiger partial charge in [-0.05, 0) is 39.7 Å². The fourth-order valence-electron chi connectivity index (χ4n) is 2.27. The van der Waals surface area contributed by atoms with Gasteiger partial charge in [0.15, 0.2) is 0 Å². The Hall–Kier alpha value is -1.73. The van der Waals surface area contributed by atoms with E-state index < -0.39 is 0 Å². The van der Waals surface area contributed by atoms with Crippen molar-refractivity contribution in [3.63, 3.8) is 0 Å². The number of amides is 1. The van der Waals surface area contributed by atoms with Crippen molar-refractivity contribution in [1.29, 1.82) is 0 Å². The zero-order valence-electron chi connectivity index (χ0n) is 14.0. The van der Waals surface area contributed by atoms with Crippen molar-refractivity contribution in [3.05, 3.63) is 27.1 Å². The predicted molar refractivity (Wildman–Crippen MR) is 92.3 cm³/mol. The zero-order valence-corrected chi connectivity index (χ0v) is 14.8. The molecule has 0 aliphatic rings. The third-order valence-electron chi connectivity index (χ3n) is 3.52. The summed E-state index contributed by atoms with van der Waals surface area (Å²) in [5.74, 6) is -0.155. The zero-order chi connectivity index (χ0) is 17.0. The van der Waals surface area contributed by atoms with Crippen LogP contribution < -0.4 is 10.9 Å². The summed E-state index contributed by atoms with van der Waals surface area (Å²) in [6, 6.07) is 0. The van der Waals surface area contributed by atoms with Gasteiger partial charge in [-0.15, -0.1) is 11.3 Å². The number of fused-ring (bicyclic) bond motifs is 1. The lowest BCUT2D eigenvalue weighted by molar-refractivity contribution is 0.0757. The van der Waals surface area contributed by atoms with E-state index in [0.717, 1.165) is 6.42 Å².